The second-order valence-corrected chi connectivity index (χ2v) is 7.86. The maximum Gasteiger partial charge on any atom is 0.311 e. The van der Waals surface area contributed by atoms with Crippen molar-refractivity contribution in [2.45, 2.75) is 19.8 Å². The summed E-state index contributed by atoms with van der Waals surface area (Å²) in [7, 11) is 0. The number of carbonyl (C=O) groups excluding carboxylic acids is 3. The van der Waals surface area contributed by atoms with Crippen LogP contribution in [0.5, 0.6) is 0 Å². The molecule has 6 nitrogen and oxygen atoms in total. The molecule has 0 unspecified atom stereocenters. The van der Waals surface area contributed by atoms with Gasteiger partial charge in [-0.05, 0) is 16.7 Å². The molecule has 0 saturated heterocycles. The summed E-state index contributed by atoms with van der Waals surface area (Å²) in [5.74, 6) is -4.58. The first kappa shape index (κ1) is 22.3. The van der Waals surface area contributed by atoms with E-state index in [2.05, 4.69) is 0 Å². The molecular weight excluding hydrogens is 420 g/mol. The van der Waals surface area contributed by atoms with Crippen LogP contribution in [0.25, 0.3) is 0 Å². The SMILES string of the molecule is O=C(OCc1ccccc1)C1C(C(=O)OCc2ccccc2)C1C(=O)OCc1ccccc1. The number of benzene rings is 3. The lowest BCUT2D eigenvalue weighted by Crippen LogP contribution is -2.14. The summed E-state index contributed by atoms with van der Waals surface area (Å²) in [4.78, 5) is 38.2. The Hall–Kier alpha value is -3.93. The first-order valence-electron chi connectivity index (χ1n) is 10.7. The van der Waals surface area contributed by atoms with E-state index in [0.29, 0.717) is 0 Å². The molecule has 4 rings (SSSR count). The Morgan fingerprint density at radius 2 is 0.697 bits per heavy atom. The second kappa shape index (κ2) is 10.6. The molecule has 3 aromatic rings. The smallest absolute Gasteiger partial charge is 0.311 e. The molecule has 0 spiro atoms. The number of ether oxygens (including phenoxy) is 3. The average Bonchev–Trinajstić information content (AvgIpc) is 3.62. The van der Waals surface area contributed by atoms with Crippen molar-refractivity contribution < 1.29 is 28.6 Å². The van der Waals surface area contributed by atoms with Gasteiger partial charge in [-0.25, -0.2) is 0 Å². The van der Waals surface area contributed by atoms with Gasteiger partial charge in [0.2, 0.25) is 0 Å². The molecule has 1 aliphatic carbocycles. The van der Waals surface area contributed by atoms with Crippen LogP contribution in [0.1, 0.15) is 16.7 Å². The summed E-state index contributed by atoms with van der Waals surface area (Å²) in [6.45, 7) is 0.190. The van der Waals surface area contributed by atoms with Gasteiger partial charge in [0.15, 0.2) is 0 Å². The molecular formula is C27H24O6. The first-order chi connectivity index (χ1) is 16.1. The van der Waals surface area contributed by atoms with Crippen LogP contribution in [0.3, 0.4) is 0 Å². The van der Waals surface area contributed by atoms with E-state index in [1.807, 2.05) is 91.0 Å². The zero-order chi connectivity index (χ0) is 23.0. The van der Waals surface area contributed by atoms with E-state index in [-0.39, 0.29) is 19.8 Å². The van der Waals surface area contributed by atoms with Gasteiger partial charge < -0.3 is 14.2 Å². The van der Waals surface area contributed by atoms with Crippen LogP contribution >= 0.6 is 0 Å². The summed E-state index contributed by atoms with van der Waals surface area (Å²) in [6.07, 6.45) is 0. The standard InChI is InChI=1S/C27H24O6/c28-25(31-16-19-10-4-1-5-11-19)22-23(26(29)32-17-20-12-6-2-7-13-20)24(22)27(30)33-18-21-14-8-3-9-15-21/h1-15,22-24H,16-18H2. The number of carbonyl (C=O) groups is 3. The van der Waals surface area contributed by atoms with Crippen molar-refractivity contribution >= 4 is 17.9 Å². The fourth-order valence-corrected chi connectivity index (χ4v) is 3.67. The topological polar surface area (TPSA) is 78.9 Å². The molecule has 6 heteroatoms. The van der Waals surface area contributed by atoms with Crippen LogP contribution in [0.15, 0.2) is 91.0 Å². The van der Waals surface area contributed by atoms with E-state index in [1.54, 1.807) is 0 Å². The maximum atomic E-state index is 12.7. The summed E-state index contributed by atoms with van der Waals surface area (Å²) < 4.78 is 16.2. The lowest BCUT2D eigenvalue weighted by Gasteiger charge is -2.05. The summed E-state index contributed by atoms with van der Waals surface area (Å²) in [6, 6.07) is 27.6. The molecule has 33 heavy (non-hydrogen) atoms. The third kappa shape index (κ3) is 5.86. The zero-order valence-electron chi connectivity index (χ0n) is 18.0. The Morgan fingerprint density at radius 3 is 0.939 bits per heavy atom. The molecule has 0 radical (unpaired) electrons. The maximum absolute atomic E-state index is 12.7. The van der Waals surface area contributed by atoms with Gasteiger partial charge in [0.25, 0.3) is 0 Å². The molecule has 168 valence electrons. The van der Waals surface area contributed by atoms with Gasteiger partial charge in [-0.2, -0.15) is 0 Å². The Balaban J connectivity index is 1.39. The van der Waals surface area contributed by atoms with Gasteiger partial charge in [-0.3, -0.25) is 14.4 Å². The van der Waals surface area contributed by atoms with Gasteiger partial charge in [0.1, 0.15) is 19.8 Å². The summed E-state index contributed by atoms with van der Waals surface area (Å²) in [5.41, 5.74) is 2.45. The Bertz CT molecular complexity index is 934. The van der Waals surface area contributed by atoms with Crippen molar-refractivity contribution in [3.8, 4) is 0 Å². The summed E-state index contributed by atoms with van der Waals surface area (Å²) in [5, 5.41) is 0. The predicted molar refractivity (Wildman–Crippen MR) is 119 cm³/mol. The molecule has 1 saturated carbocycles. The highest BCUT2D eigenvalue weighted by Crippen LogP contribution is 2.49. The van der Waals surface area contributed by atoms with Crippen molar-refractivity contribution in [2.24, 2.45) is 17.8 Å². The third-order valence-electron chi connectivity index (χ3n) is 5.51. The zero-order valence-corrected chi connectivity index (χ0v) is 18.0. The van der Waals surface area contributed by atoms with Crippen LogP contribution < -0.4 is 0 Å². The average molecular weight is 444 g/mol. The van der Waals surface area contributed by atoms with Crippen LogP contribution in [0.4, 0.5) is 0 Å². The highest BCUT2D eigenvalue weighted by Gasteiger charge is 2.65. The van der Waals surface area contributed by atoms with Crippen LogP contribution in [-0.2, 0) is 48.4 Å². The minimum atomic E-state index is -0.916. The number of rotatable bonds is 9. The quantitative estimate of drug-likeness (QED) is 0.366. The summed E-state index contributed by atoms with van der Waals surface area (Å²) >= 11 is 0. The van der Waals surface area contributed by atoms with E-state index in [1.165, 1.54) is 0 Å². The number of hydrogen-bond donors (Lipinski definition) is 0. The number of esters is 3. The van der Waals surface area contributed by atoms with Gasteiger partial charge >= 0.3 is 17.9 Å². The first-order valence-corrected chi connectivity index (χ1v) is 10.7. The second-order valence-electron chi connectivity index (χ2n) is 7.86. The molecule has 0 atom stereocenters. The van der Waals surface area contributed by atoms with Crippen LogP contribution in [0, 0.1) is 17.8 Å². The highest BCUT2D eigenvalue weighted by atomic mass is 16.6. The molecule has 1 fully saturated rings. The molecule has 0 amide bonds. The van der Waals surface area contributed by atoms with E-state index in [4.69, 9.17) is 14.2 Å². The Kier molecular flexibility index (Phi) is 7.15. The Labute approximate surface area is 192 Å². The Morgan fingerprint density at radius 1 is 0.455 bits per heavy atom. The minimum Gasteiger partial charge on any atom is -0.461 e. The van der Waals surface area contributed by atoms with Crippen molar-refractivity contribution in [1.82, 2.24) is 0 Å². The fourth-order valence-electron chi connectivity index (χ4n) is 3.67. The predicted octanol–water partition coefficient (Wildman–Crippen LogP) is 4.08. The molecule has 0 aliphatic heterocycles. The van der Waals surface area contributed by atoms with E-state index in [0.717, 1.165) is 16.7 Å². The highest BCUT2D eigenvalue weighted by molar-refractivity contribution is 5.97. The molecule has 0 bridgehead atoms. The minimum absolute atomic E-state index is 0.0632. The molecule has 0 heterocycles. The van der Waals surface area contributed by atoms with E-state index < -0.39 is 35.7 Å². The van der Waals surface area contributed by atoms with Gasteiger partial charge in [0, 0.05) is 0 Å². The largest absolute Gasteiger partial charge is 0.461 e. The monoisotopic (exact) mass is 444 g/mol. The third-order valence-corrected chi connectivity index (χ3v) is 5.51. The van der Waals surface area contributed by atoms with E-state index >= 15 is 0 Å². The fraction of sp³-hybridized carbons (Fsp3) is 0.222. The van der Waals surface area contributed by atoms with Crippen LogP contribution in [-0.4, -0.2) is 17.9 Å². The van der Waals surface area contributed by atoms with Gasteiger partial charge in [-0.1, -0.05) is 91.0 Å². The van der Waals surface area contributed by atoms with Gasteiger partial charge in [-0.15, -0.1) is 0 Å². The van der Waals surface area contributed by atoms with Crippen LogP contribution in [0.2, 0.25) is 0 Å². The molecule has 3 aromatic carbocycles. The lowest BCUT2D eigenvalue weighted by molar-refractivity contribution is -0.152. The van der Waals surface area contributed by atoms with Crippen molar-refractivity contribution in [2.75, 3.05) is 0 Å². The molecule has 1 aliphatic rings. The van der Waals surface area contributed by atoms with Crippen molar-refractivity contribution in [1.29, 1.82) is 0 Å². The lowest BCUT2D eigenvalue weighted by atomic mass is 10.2. The van der Waals surface area contributed by atoms with Gasteiger partial charge in [0.05, 0.1) is 17.8 Å². The number of hydrogen-bond acceptors (Lipinski definition) is 6. The normalized spacial score (nSPS) is 18.7. The molecule has 0 N–H and O–H groups in total. The van der Waals surface area contributed by atoms with Crippen molar-refractivity contribution in [3.05, 3.63) is 108 Å². The van der Waals surface area contributed by atoms with Crippen molar-refractivity contribution in [3.63, 3.8) is 0 Å². The molecule has 0 aromatic heterocycles. The van der Waals surface area contributed by atoms with E-state index in [9.17, 15) is 14.4 Å².